The average Bonchev–Trinajstić information content (AvgIpc) is 2.67. The van der Waals surface area contributed by atoms with Gasteiger partial charge in [-0.2, -0.15) is 0 Å². The minimum atomic E-state index is -3.84. The summed E-state index contributed by atoms with van der Waals surface area (Å²) in [4.78, 5) is 4.12. The van der Waals surface area contributed by atoms with E-state index >= 15 is 0 Å². The summed E-state index contributed by atoms with van der Waals surface area (Å²) in [6, 6.07) is 3.37. The number of hydrogen-bond acceptors (Lipinski definition) is 4. The highest BCUT2D eigenvalue weighted by Gasteiger charge is 2.19. The first-order valence-corrected chi connectivity index (χ1v) is 7.09. The van der Waals surface area contributed by atoms with E-state index in [1.54, 1.807) is 22.7 Å². The Bertz CT molecular complexity index is 676. The Balaban J connectivity index is 2.77. The Morgan fingerprint density at radius 2 is 2.22 bits per heavy atom. The van der Waals surface area contributed by atoms with Crippen molar-refractivity contribution in [3.63, 3.8) is 0 Å². The van der Waals surface area contributed by atoms with Crippen molar-refractivity contribution in [2.75, 3.05) is 7.11 Å². The van der Waals surface area contributed by atoms with Gasteiger partial charge >= 0.3 is 0 Å². The molecule has 0 unspecified atom stereocenters. The number of pyridine rings is 1. The van der Waals surface area contributed by atoms with Crippen LogP contribution in [0.1, 0.15) is 19.2 Å². The van der Waals surface area contributed by atoms with Gasteiger partial charge in [0.2, 0.25) is 0 Å². The Labute approximate surface area is 105 Å². The molecule has 6 nitrogen and oxygen atoms in total. The lowest BCUT2D eigenvalue weighted by atomic mass is 10.3. The molecule has 0 aliphatic carbocycles. The van der Waals surface area contributed by atoms with Gasteiger partial charge in [-0.25, -0.2) is 18.5 Å². The van der Waals surface area contributed by atoms with Gasteiger partial charge in [0.05, 0.1) is 12.6 Å². The van der Waals surface area contributed by atoms with Gasteiger partial charge in [0, 0.05) is 18.7 Å². The molecule has 0 atom stereocenters. The van der Waals surface area contributed by atoms with Gasteiger partial charge in [-0.1, -0.05) is 6.92 Å². The maximum atomic E-state index is 11.5. The number of ether oxygens (including phenoxy) is 1. The zero-order chi connectivity index (χ0) is 13.3. The summed E-state index contributed by atoms with van der Waals surface area (Å²) in [7, 11) is -2.32. The first-order chi connectivity index (χ1) is 8.47. The third kappa shape index (κ3) is 2.19. The van der Waals surface area contributed by atoms with Crippen LogP contribution in [0.25, 0.3) is 5.52 Å². The zero-order valence-electron chi connectivity index (χ0n) is 10.3. The number of fused-ring (bicyclic) bond motifs is 1. The standard InChI is InChI=1S/C11H15N3O3S/c1-3-4-10-13-11(18(12,15)16)9-7-8(17-2)5-6-14(9)10/h5-7H,3-4H2,1-2H3,(H2,12,15,16). The third-order valence-electron chi connectivity index (χ3n) is 2.63. The van der Waals surface area contributed by atoms with Gasteiger partial charge < -0.3 is 9.14 Å². The molecule has 0 saturated heterocycles. The summed E-state index contributed by atoms with van der Waals surface area (Å²) in [5, 5.41) is 5.07. The second kappa shape index (κ2) is 4.58. The molecule has 0 aromatic carbocycles. The van der Waals surface area contributed by atoms with Crippen molar-refractivity contribution in [2.24, 2.45) is 5.14 Å². The number of nitrogens with zero attached hydrogens (tertiary/aromatic N) is 2. The lowest BCUT2D eigenvalue weighted by Crippen LogP contribution is -2.13. The van der Waals surface area contributed by atoms with Crippen molar-refractivity contribution < 1.29 is 13.2 Å². The Morgan fingerprint density at radius 3 is 2.78 bits per heavy atom. The highest BCUT2D eigenvalue weighted by molar-refractivity contribution is 7.89. The molecule has 0 spiro atoms. The maximum absolute atomic E-state index is 11.5. The van der Waals surface area contributed by atoms with Crippen LogP contribution in [0.15, 0.2) is 23.4 Å². The number of imidazole rings is 1. The molecule has 0 saturated carbocycles. The highest BCUT2D eigenvalue weighted by Crippen LogP contribution is 2.22. The molecule has 98 valence electrons. The van der Waals surface area contributed by atoms with E-state index in [9.17, 15) is 8.42 Å². The molecule has 2 aromatic rings. The summed E-state index contributed by atoms with van der Waals surface area (Å²) in [6.07, 6.45) is 3.29. The molecule has 2 N–H and O–H groups in total. The molecule has 0 amide bonds. The first kappa shape index (κ1) is 12.8. The number of aromatic nitrogens is 2. The zero-order valence-corrected chi connectivity index (χ0v) is 11.1. The summed E-state index contributed by atoms with van der Waals surface area (Å²) < 4.78 is 29.9. The van der Waals surface area contributed by atoms with Gasteiger partial charge in [-0.15, -0.1) is 0 Å². The molecule has 2 heterocycles. The van der Waals surface area contributed by atoms with E-state index in [4.69, 9.17) is 9.88 Å². The van der Waals surface area contributed by atoms with Crippen LogP contribution in [-0.4, -0.2) is 24.9 Å². The fraction of sp³-hybridized carbons (Fsp3) is 0.364. The van der Waals surface area contributed by atoms with Gasteiger partial charge in [0.15, 0.2) is 5.03 Å². The van der Waals surface area contributed by atoms with Crippen LogP contribution in [0.2, 0.25) is 0 Å². The molecule has 18 heavy (non-hydrogen) atoms. The van der Waals surface area contributed by atoms with E-state index < -0.39 is 10.0 Å². The van der Waals surface area contributed by atoms with Crippen LogP contribution in [0.3, 0.4) is 0 Å². The van der Waals surface area contributed by atoms with Crippen molar-refractivity contribution in [2.45, 2.75) is 24.8 Å². The molecule has 0 aliphatic heterocycles. The summed E-state index contributed by atoms with van der Waals surface area (Å²) in [5.41, 5.74) is 0.445. The van der Waals surface area contributed by atoms with Gasteiger partial charge in [0.25, 0.3) is 10.0 Å². The summed E-state index contributed by atoms with van der Waals surface area (Å²) in [6.45, 7) is 2.00. The number of hydrogen-bond donors (Lipinski definition) is 1. The number of sulfonamides is 1. The van der Waals surface area contributed by atoms with Crippen LogP contribution >= 0.6 is 0 Å². The van der Waals surface area contributed by atoms with Crippen molar-refractivity contribution >= 4 is 15.5 Å². The van der Waals surface area contributed by atoms with E-state index in [1.807, 2.05) is 6.92 Å². The second-order valence-electron chi connectivity index (χ2n) is 3.95. The van der Waals surface area contributed by atoms with Crippen LogP contribution in [0.4, 0.5) is 0 Å². The van der Waals surface area contributed by atoms with E-state index in [2.05, 4.69) is 4.98 Å². The van der Waals surface area contributed by atoms with Crippen LogP contribution < -0.4 is 9.88 Å². The van der Waals surface area contributed by atoms with Crippen LogP contribution in [0.5, 0.6) is 5.75 Å². The SMILES string of the molecule is CCCc1nc(S(N)(=O)=O)c2cc(OC)ccn12. The molecule has 0 fully saturated rings. The van der Waals surface area contributed by atoms with Crippen LogP contribution in [-0.2, 0) is 16.4 Å². The topological polar surface area (TPSA) is 86.7 Å². The minimum absolute atomic E-state index is 0.107. The fourth-order valence-electron chi connectivity index (χ4n) is 1.84. The normalized spacial score (nSPS) is 11.9. The first-order valence-electron chi connectivity index (χ1n) is 5.55. The summed E-state index contributed by atoms with van der Waals surface area (Å²) >= 11 is 0. The molecule has 7 heteroatoms. The molecule has 2 rings (SSSR count). The minimum Gasteiger partial charge on any atom is -0.497 e. The van der Waals surface area contributed by atoms with Crippen LogP contribution in [0, 0.1) is 0 Å². The Hall–Kier alpha value is -1.60. The molecule has 2 aromatic heterocycles. The molecule has 0 bridgehead atoms. The number of aryl methyl sites for hydroxylation is 1. The number of rotatable bonds is 4. The molecule has 0 radical (unpaired) electrons. The number of primary sulfonamides is 1. The quantitative estimate of drug-likeness (QED) is 0.895. The largest absolute Gasteiger partial charge is 0.497 e. The average molecular weight is 269 g/mol. The second-order valence-corrected chi connectivity index (χ2v) is 5.43. The predicted molar refractivity (Wildman–Crippen MR) is 67.1 cm³/mol. The number of methoxy groups -OCH3 is 1. The molecule has 0 aliphatic rings. The summed E-state index contributed by atoms with van der Waals surface area (Å²) in [5.74, 6) is 1.24. The highest BCUT2D eigenvalue weighted by atomic mass is 32.2. The van der Waals surface area contributed by atoms with E-state index in [-0.39, 0.29) is 5.03 Å². The van der Waals surface area contributed by atoms with Gasteiger partial charge in [-0.3, -0.25) is 0 Å². The lowest BCUT2D eigenvalue weighted by molar-refractivity contribution is 0.414. The van der Waals surface area contributed by atoms with Gasteiger partial charge in [0.1, 0.15) is 11.6 Å². The fourth-order valence-corrected chi connectivity index (χ4v) is 2.52. The van der Waals surface area contributed by atoms with E-state index in [0.29, 0.717) is 23.5 Å². The molecular formula is C11H15N3O3S. The predicted octanol–water partition coefficient (Wildman–Crippen LogP) is 0.943. The van der Waals surface area contributed by atoms with Crippen molar-refractivity contribution in [1.29, 1.82) is 0 Å². The van der Waals surface area contributed by atoms with Crippen molar-refractivity contribution in [3.8, 4) is 5.75 Å². The lowest BCUT2D eigenvalue weighted by Gasteiger charge is -2.02. The number of nitrogens with two attached hydrogens (primary N) is 1. The Morgan fingerprint density at radius 1 is 1.50 bits per heavy atom. The van der Waals surface area contributed by atoms with E-state index in [0.717, 1.165) is 6.42 Å². The maximum Gasteiger partial charge on any atom is 0.257 e. The Kier molecular flexibility index (Phi) is 3.27. The van der Waals surface area contributed by atoms with E-state index in [1.165, 1.54) is 7.11 Å². The van der Waals surface area contributed by atoms with Crippen molar-refractivity contribution in [3.05, 3.63) is 24.2 Å². The third-order valence-corrected chi connectivity index (χ3v) is 3.47. The van der Waals surface area contributed by atoms with Gasteiger partial charge in [-0.05, 0) is 12.5 Å². The monoisotopic (exact) mass is 269 g/mol. The smallest absolute Gasteiger partial charge is 0.257 e. The molecular weight excluding hydrogens is 254 g/mol. The van der Waals surface area contributed by atoms with Crippen molar-refractivity contribution in [1.82, 2.24) is 9.38 Å².